The molecule has 3 nitrogen and oxygen atoms in total. The lowest BCUT2D eigenvalue weighted by Crippen LogP contribution is -2.54. The van der Waals surface area contributed by atoms with Gasteiger partial charge < -0.3 is 5.32 Å². The summed E-state index contributed by atoms with van der Waals surface area (Å²) in [5.74, 6) is -0.688. The summed E-state index contributed by atoms with van der Waals surface area (Å²) in [6.45, 7) is 0.457. The van der Waals surface area contributed by atoms with Gasteiger partial charge in [-0.05, 0) is 29.5 Å². The van der Waals surface area contributed by atoms with Crippen molar-refractivity contribution in [2.45, 2.75) is 35.3 Å². The number of allylic oxidation sites excluding steroid dienone is 3. The summed E-state index contributed by atoms with van der Waals surface area (Å²) >= 11 is 18.5. The number of hydrogen-bond donors (Lipinski definition) is 2. The van der Waals surface area contributed by atoms with Crippen molar-refractivity contribution in [3.05, 3.63) is 95.6 Å². The Balaban J connectivity index is 1.79. The molecular formula is C23H23Cl3N2O. The molecule has 0 heterocycles. The van der Waals surface area contributed by atoms with Gasteiger partial charge in [-0.2, -0.15) is 0 Å². The number of halogens is 3. The highest BCUT2D eigenvalue weighted by atomic mass is 35.6. The molecule has 0 aliphatic heterocycles. The largest absolute Gasteiger partial charge is 0.336 e. The minimum absolute atomic E-state index is 0.217. The quantitative estimate of drug-likeness (QED) is 0.424. The third-order valence-corrected chi connectivity index (χ3v) is 5.37. The molecule has 0 spiro atoms. The molecule has 2 aromatic carbocycles. The van der Waals surface area contributed by atoms with E-state index in [1.54, 1.807) is 0 Å². The average Bonchev–Trinajstić information content (AvgIpc) is 2.73. The van der Waals surface area contributed by atoms with E-state index >= 15 is 0 Å². The summed E-state index contributed by atoms with van der Waals surface area (Å²) in [5.41, 5.74) is 2.87. The van der Waals surface area contributed by atoms with Crippen molar-refractivity contribution in [2.75, 3.05) is 0 Å². The molecule has 3 rings (SSSR count). The van der Waals surface area contributed by atoms with Gasteiger partial charge in [0, 0.05) is 6.54 Å². The molecule has 0 fully saturated rings. The van der Waals surface area contributed by atoms with Crippen molar-refractivity contribution >= 4 is 40.7 Å². The zero-order valence-electron chi connectivity index (χ0n) is 15.8. The van der Waals surface area contributed by atoms with E-state index in [-0.39, 0.29) is 5.91 Å². The summed E-state index contributed by atoms with van der Waals surface area (Å²) in [5, 5.41) is 6.05. The number of amides is 1. The topological polar surface area (TPSA) is 41.1 Å². The zero-order chi connectivity index (χ0) is 20.7. The molecule has 1 aliphatic rings. The Kier molecular flexibility index (Phi) is 7.79. The molecule has 0 unspecified atom stereocenters. The molecule has 2 atom stereocenters. The summed E-state index contributed by atoms with van der Waals surface area (Å²) in [6, 6.07) is 19.4. The van der Waals surface area contributed by atoms with Gasteiger partial charge in [0.05, 0.1) is 5.92 Å². The lowest BCUT2D eigenvalue weighted by atomic mass is 9.87. The van der Waals surface area contributed by atoms with Crippen LogP contribution in [0.4, 0.5) is 0 Å². The van der Waals surface area contributed by atoms with E-state index in [4.69, 9.17) is 34.8 Å². The number of hydrogen-bond acceptors (Lipinski definition) is 2. The van der Waals surface area contributed by atoms with Crippen LogP contribution in [0.5, 0.6) is 0 Å². The number of nitrogens with one attached hydrogen (secondary N) is 2. The van der Waals surface area contributed by atoms with Gasteiger partial charge in [-0.25, -0.2) is 0 Å². The second-order valence-electron chi connectivity index (χ2n) is 6.88. The van der Waals surface area contributed by atoms with Gasteiger partial charge in [-0.1, -0.05) is 114 Å². The lowest BCUT2D eigenvalue weighted by molar-refractivity contribution is -0.122. The van der Waals surface area contributed by atoms with Gasteiger partial charge in [0.15, 0.2) is 0 Å². The molecule has 0 aromatic heterocycles. The van der Waals surface area contributed by atoms with Crippen LogP contribution in [0.3, 0.4) is 0 Å². The van der Waals surface area contributed by atoms with Crippen LogP contribution >= 0.6 is 34.8 Å². The van der Waals surface area contributed by atoms with Gasteiger partial charge >= 0.3 is 0 Å². The summed E-state index contributed by atoms with van der Waals surface area (Å²) < 4.78 is -1.71. The maximum Gasteiger partial charge on any atom is 0.233 e. The fourth-order valence-electron chi connectivity index (χ4n) is 3.28. The molecule has 29 heavy (non-hydrogen) atoms. The van der Waals surface area contributed by atoms with Gasteiger partial charge in [0.1, 0.15) is 6.17 Å². The lowest BCUT2D eigenvalue weighted by Gasteiger charge is -2.29. The minimum Gasteiger partial charge on any atom is -0.336 e. The molecular weight excluding hydrogens is 427 g/mol. The molecule has 6 heteroatoms. The number of benzene rings is 2. The molecule has 0 saturated carbocycles. The zero-order valence-corrected chi connectivity index (χ0v) is 18.1. The smallest absolute Gasteiger partial charge is 0.233 e. The normalized spacial score (nSPS) is 16.0. The Hall–Kier alpha value is -1.78. The number of carbonyl (C=O) groups is 1. The van der Waals surface area contributed by atoms with Crippen molar-refractivity contribution in [3.63, 3.8) is 0 Å². The first-order chi connectivity index (χ1) is 13.9. The fraction of sp³-hybridized carbons (Fsp3) is 0.261. The van der Waals surface area contributed by atoms with Crippen LogP contribution in [0.1, 0.15) is 29.9 Å². The molecule has 0 bridgehead atoms. The monoisotopic (exact) mass is 448 g/mol. The highest BCUT2D eigenvalue weighted by Crippen LogP contribution is 2.32. The van der Waals surface area contributed by atoms with E-state index in [1.807, 2.05) is 66.7 Å². The van der Waals surface area contributed by atoms with Crippen molar-refractivity contribution in [2.24, 2.45) is 0 Å². The first kappa shape index (κ1) is 21.9. The Morgan fingerprint density at radius 1 is 0.966 bits per heavy atom. The minimum atomic E-state index is -1.71. The second kappa shape index (κ2) is 10.3. The summed E-state index contributed by atoms with van der Waals surface area (Å²) in [7, 11) is 0. The van der Waals surface area contributed by atoms with Crippen LogP contribution < -0.4 is 10.6 Å². The second-order valence-corrected chi connectivity index (χ2v) is 9.25. The number of rotatable bonds is 7. The van der Waals surface area contributed by atoms with E-state index in [0.29, 0.717) is 6.54 Å². The Morgan fingerprint density at radius 3 is 2.21 bits per heavy atom. The van der Waals surface area contributed by atoms with E-state index in [2.05, 4.69) is 22.8 Å². The molecule has 2 aromatic rings. The van der Waals surface area contributed by atoms with Crippen molar-refractivity contribution in [1.82, 2.24) is 10.6 Å². The molecule has 2 N–H and O–H groups in total. The number of carbonyl (C=O) groups excluding carboxylic acids is 1. The molecule has 0 saturated heterocycles. The van der Waals surface area contributed by atoms with Crippen LogP contribution in [0.25, 0.3) is 0 Å². The van der Waals surface area contributed by atoms with Crippen LogP contribution in [0, 0.1) is 0 Å². The Morgan fingerprint density at radius 2 is 1.62 bits per heavy atom. The van der Waals surface area contributed by atoms with Gasteiger partial charge in [-0.3, -0.25) is 10.1 Å². The van der Waals surface area contributed by atoms with E-state index in [0.717, 1.165) is 29.5 Å². The number of alkyl halides is 3. The van der Waals surface area contributed by atoms with Crippen LogP contribution in [0.2, 0.25) is 0 Å². The molecule has 1 aliphatic carbocycles. The van der Waals surface area contributed by atoms with Crippen LogP contribution in [-0.2, 0) is 11.3 Å². The maximum absolute atomic E-state index is 13.3. The standard InChI is InChI=1S/C23H23Cl3N2O/c24-23(25,26)22(27-16-17-10-4-1-5-11-17)28-21(29)20(18-12-6-2-7-13-18)19-14-8-3-9-15-19/h1-2,4-8,10-15,20,22,27H,3,9,16H2,(H,28,29)/t20-,22+/m0/s1. The third-order valence-electron chi connectivity index (χ3n) is 4.72. The Bertz CT molecular complexity index is 861. The molecule has 152 valence electrons. The predicted octanol–water partition coefficient (Wildman–Crippen LogP) is 5.65. The van der Waals surface area contributed by atoms with Gasteiger partial charge in [0.2, 0.25) is 9.70 Å². The predicted molar refractivity (Wildman–Crippen MR) is 121 cm³/mol. The van der Waals surface area contributed by atoms with Crippen LogP contribution in [0.15, 0.2) is 84.5 Å². The van der Waals surface area contributed by atoms with E-state index < -0.39 is 15.9 Å². The van der Waals surface area contributed by atoms with Gasteiger partial charge in [-0.15, -0.1) is 0 Å². The van der Waals surface area contributed by atoms with Crippen molar-refractivity contribution in [1.29, 1.82) is 0 Å². The molecule has 0 radical (unpaired) electrons. The SMILES string of the molecule is O=C(N[C@@H](NCc1ccccc1)C(Cl)(Cl)Cl)[C@H](C1=CCCC=C1)c1ccccc1. The van der Waals surface area contributed by atoms with E-state index in [9.17, 15) is 4.79 Å². The Labute approximate surface area is 186 Å². The maximum atomic E-state index is 13.3. The van der Waals surface area contributed by atoms with Gasteiger partial charge in [0.25, 0.3) is 0 Å². The summed E-state index contributed by atoms with van der Waals surface area (Å²) in [4.78, 5) is 13.3. The highest BCUT2D eigenvalue weighted by molar-refractivity contribution is 6.68. The van der Waals surface area contributed by atoms with Crippen molar-refractivity contribution < 1.29 is 4.79 Å². The first-order valence-corrected chi connectivity index (χ1v) is 10.6. The van der Waals surface area contributed by atoms with Crippen LogP contribution in [-0.4, -0.2) is 15.9 Å². The molecule has 1 amide bonds. The van der Waals surface area contributed by atoms with E-state index in [1.165, 1.54) is 0 Å². The highest BCUT2D eigenvalue weighted by Gasteiger charge is 2.36. The van der Waals surface area contributed by atoms with Crippen molar-refractivity contribution in [3.8, 4) is 0 Å². The first-order valence-electron chi connectivity index (χ1n) is 9.51. The fourth-order valence-corrected chi connectivity index (χ4v) is 3.67. The average molecular weight is 450 g/mol. The summed E-state index contributed by atoms with van der Waals surface area (Å²) in [6.07, 6.45) is 7.21. The third kappa shape index (κ3) is 6.35.